The number of halogens is 1. The summed E-state index contributed by atoms with van der Waals surface area (Å²) in [5.74, 6) is 9.92. The molecule has 0 spiro atoms. The van der Waals surface area contributed by atoms with Crippen LogP contribution in [0, 0.1) is 23.7 Å². The predicted molar refractivity (Wildman–Crippen MR) is 115 cm³/mol. The van der Waals surface area contributed by atoms with E-state index in [0.29, 0.717) is 6.42 Å². The van der Waals surface area contributed by atoms with Crippen LogP contribution in [0.3, 0.4) is 0 Å². The zero-order valence-corrected chi connectivity index (χ0v) is 18.6. The Kier molecular flexibility index (Phi) is 8.34. The van der Waals surface area contributed by atoms with Gasteiger partial charge in [0.15, 0.2) is 6.10 Å². The minimum absolute atomic E-state index is 0.0355. The van der Waals surface area contributed by atoms with Gasteiger partial charge in [0.25, 0.3) is 0 Å². The molecule has 2 aliphatic rings. The van der Waals surface area contributed by atoms with Gasteiger partial charge in [-0.1, -0.05) is 17.9 Å². The van der Waals surface area contributed by atoms with E-state index in [2.05, 4.69) is 34.3 Å². The molecule has 0 saturated carbocycles. The summed E-state index contributed by atoms with van der Waals surface area (Å²) in [6, 6.07) is 0. The van der Waals surface area contributed by atoms with Crippen molar-refractivity contribution < 1.29 is 33.4 Å². The number of hydrogen-bond donors (Lipinski definition) is 2. The molecule has 0 radical (unpaired) electrons. The fourth-order valence-corrected chi connectivity index (χ4v) is 2.94. The summed E-state index contributed by atoms with van der Waals surface area (Å²) >= 11 is 5.35. The Bertz CT molecular complexity index is 972. The quantitative estimate of drug-likeness (QED) is 0.279. The van der Waals surface area contributed by atoms with E-state index in [9.17, 15) is 19.2 Å². The first-order valence-corrected chi connectivity index (χ1v) is 10.1. The van der Waals surface area contributed by atoms with Crippen LogP contribution in [-0.2, 0) is 19.0 Å². The molecule has 0 saturated heterocycles. The molecule has 2 aliphatic carbocycles. The van der Waals surface area contributed by atoms with E-state index in [1.54, 1.807) is 26.8 Å². The first kappa shape index (κ1) is 24.8. The minimum atomic E-state index is -1.78. The van der Waals surface area contributed by atoms with Gasteiger partial charge in [0.05, 0.1) is 0 Å². The molecule has 2 N–H and O–H groups in total. The summed E-state index contributed by atoms with van der Waals surface area (Å²) in [5.41, 5.74) is -3.55. The highest BCUT2D eigenvalue weighted by Gasteiger charge is 2.46. The molecule has 2 unspecified atom stereocenters. The van der Waals surface area contributed by atoms with Crippen molar-refractivity contribution in [3.8, 4) is 23.7 Å². The normalized spacial score (nSPS) is 22.4. The van der Waals surface area contributed by atoms with E-state index in [-0.39, 0.29) is 25.1 Å². The number of hydrogen-bond acceptors (Lipinski definition) is 7. The summed E-state index contributed by atoms with van der Waals surface area (Å²) in [4.78, 5) is 48.3. The van der Waals surface area contributed by atoms with Crippen LogP contribution in [0.15, 0.2) is 23.8 Å². The van der Waals surface area contributed by atoms with Crippen LogP contribution in [-0.4, -0.2) is 53.8 Å². The molecule has 0 heterocycles. The average Bonchev–Trinajstić information content (AvgIpc) is 2.66. The van der Waals surface area contributed by atoms with Crippen LogP contribution >= 0.6 is 11.6 Å². The van der Waals surface area contributed by atoms with E-state index < -0.39 is 40.7 Å². The molecule has 2 bridgehead atoms. The lowest BCUT2D eigenvalue weighted by atomic mass is 9.81. The molecule has 0 aliphatic heterocycles. The summed E-state index contributed by atoms with van der Waals surface area (Å²) in [6.07, 6.45) is 2.08. The van der Waals surface area contributed by atoms with Gasteiger partial charge < -0.3 is 24.8 Å². The van der Waals surface area contributed by atoms with Gasteiger partial charge in [-0.3, -0.25) is 4.79 Å². The minimum Gasteiger partial charge on any atom is -0.444 e. The van der Waals surface area contributed by atoms with Crippen molar-refractivity contribution in [1.29, 1.82) is 0 Å². The molecule has 2 rings (SSSR count). The van der Waals surface area contributed by atoms with Gasteiger partial charge in [0, 0.05) is 36.7 Å². The Morgan fingerprint density at radius 1 is 1.16 bits per heavy atom. The highest BCUT2D eigenvalue weighted by atomic mass is 35.5. The second-order valence-corrected chi connectivity index (χ2v) is 8.03. The molecule has 0 fully saturated rings. The van der Waals surface area contributed by atoms with E-state index in [4.69, 9.17) is 25.8 Å². The fraction of sp³-hybridized carbons (Fsp3) is 0.455. The molecule has 10 heteroatoms. The fourth-order valence-electron chi connectivity index (χ4n) is 2.80. The number of amides is 2. The van der Waals surface area contributed by atoms with Crippen molar-refractivity contribution in [2.45, 2.75) is 50.9 Å². The van der Waals surface area contributed by atoms with Gasteiger partial charge in [-0.15, -0.1) is 0 Å². The molecule has 0 aromatic carbocycles. The number of carbonyl (C=O) groups is 4. The van der Waals surface area contributed by atoms with Crippen molar-refractivity contribution in [1.82, 2.24) is 10.6 Å². The number of Topliss-reactive ketones (excluding diaryl/α,β-unsaturated/α-hetero) is 1. The molecule has 0 aromatic rings. The van der Waals surface area contributed by atoms with Crippen LogP contribution < -0.4 is 10.6 Å². The number of fused-ring (bicyclic) bond motifs is 2. The van der Waals surface area contributed by atoms with Crippen molar-refractivity contribution in [2.24, 2.45) is 0 Å². The number of allylic oxidation sites excluding steroid dienone is 3. The molecular weight excluding hydrogens is 440 g/mol. The summed E-state index contributed by atoms with van der Waals surface area (Å²) in [7, 11) is 0. The van der Waals surface area contributed by atoms with Crippen LogP contribution in [0.1, 0.15) is 33.6 Å². The predicted octanol–water partition coefficient (Wildman–Crippen LogP) is 2.59. The van der Waals surface area contributed by atoms with Crippen molar-refractivity contribution in [3.63, 3.8) is 0 Å². The third-order valence-electron chi connectivity index (χ3n) is 4.05. The highest BCUT2D eigenvalue weighted by molar-refractivity contribution is 6.61. The number of alkyl carbamates (subject to hydrolysis) is 2. The molecule has 2 amide bonds. The van der Waals surface area contributed by atoms with Gasteiger partial charge in [-0.2, -0.15) is 0 Å². The lowest BCUT2D eigenvalue weighted by molar-refractivity contribution is -0.129. The lowest BCUT2D eigenvalue weighted by Crippen LogP contribution is -2.47. The summed E-state index contributed by atoms with van der Waals surface area (Å²) < 4.78 is 15.4. The van der Waals surface area contributed by atoms with Gasteiger partial charge in [-0.05, 0) is 51.2 Å². The van der Waals surface area contributed by atoms with E-state index in [0.717, 1.165) is 0 Å². The average molecular weight is 463 g/mol. The smallest absolute Gasteiger partial charge is 0.408 e. The Balaban J connectivity index is 2.03. The van der Waals surface area contributed by atoms with Gasteiger partial charge >= 0.3 is 17.6 Å². The van der Waals surface area contributed by atoms with Crippen molar-refractivity contribution in [3.05, 3.63) is 23.8 Å². The van der Waals surface area contributed by atoms with Gasteiger partial charge in [0.2, 0.25) is 11.4 Å². The Hall–Kier alpha value is -3.43. The standard InChI is InChI=1S/C22H23ClN2O7/c1-21(2,3)32-20(29)25-14-13-24-19(28)30-16-10-6-4-5-7-11-22(31-18(23)27)12-8-9-15(16)17(22)26/h4-5,9,16H,8,12-14H2,1-3H3,(H,24,28)(H,25,29)/b5-4-. The third kappa shape index (κ3) is 7.36. The molecular formula is C22H23ClN2O7. The molecule has 0 aromatic heterocycles. The SMILES string of the molecule is CC(C)(C)OC(=O)NCCNC(=O)OC1C#C/C=C\C#CC2(OC(=O)Cl)CCC=C1C2=O. The molecule has 9 nitrogen and oxygen atoms in total. The zero-order chi connectivity index (χ0) is 23.8. The number of rotatable bonds is 5. The topological polar surface area (TPSA) is 120 Å². The van der Waals surface area contributed by atoms with Crippen LogP contribution in [0.5, 0.6) is 0 Å². The van der Waals surface area contributed by atoms with Crippen LogP contribution in [0.2, 0.25) is 0 Å². The third-order valence-corrected chi connectivity index (χ3v) is 4.13. The van der Waals surface area contributed by atoms with Crippen LogP contribution in [0.4, 0.5) is 14.4 Å². The zero-order valence-electron chi connectivity index (χ0n) is 17.9. The Morgan fingerprint density at radius 2 is 1.81 bits per heavy atom. The van der Waals surface area contributed by atoms with E-state index >= 15 is 0 Å². The Morgan fingerprint density at radius 3 is 2.47 bits per heavy atom. The number of ether oxygens (including phenoxy) is 3. The van der Waals surface area contributed by atoms with Crippen LogP contribution in [0.25, 0.3) is 0 Å². The van der Waals surface area contributed by atoms with Gasteiger partial charge in [0.1, 0.15) is 5.60 Å². The van der Waals surface area contributed by atoms with Gasteiger partial charge in [-0.25, -0.2) is 14.4 Å². The Labute approximate surface area is 190 Å². The monoisotopic (exact) mass is 462 g/mol. The van der Waals surface area contributed by atoms with Crippen molar-refractivity contribution in [2.75, 3.05) is 13.1 Å². The molecule has 2 atom stereocenters. The van der Waals surface area contributed by atoms with E-state index in [1.165, 1.54) is 12.2 Å². The number of ketones is 1. The maximum absolute atomic E-state index is 13.1. The lowest BCUT2D eigenvalue weighted by Gasteiger charge is -2.31. The summed E-state index contributed by atoms with van der Waals surface area (Å²) in [6.45, 7) is 5.33. The second-order valence-electron chi connectivity index (χ2n) is 7.73. The second kappa shape index (κ2) is 10.7. The first-order chi connectivity index (χ1) is 15.0. The van der Waals surface area contributed by atoms with Crippen molar-refractivity contribution >= 4 is 35.0 Å². The maximum Gasteiger partial charge on any atom is 0.408 e. The first-order valence-electron chi connectivity index (χ1n) is 9.76. The number of carbonyl (C=O) groups excluding carboxylic acids is 4. The van der Waals surface area contributed by atoms with E-state index in [1.807, 2.05) is 0 Å². The summed E-state index contributed by atoms with van der Waals surface area (Å²) in [5, 5.41) is 4.94. The maximum atomic E-state index is 13.1. The largest absolute Gasteiger partial charge is 0.444 e. The highest BCUT2D eigenvalue weighted by Crippen LogP contribution is 2.31. The molecule has 32 heavy (non-hydrogen) atoms. The number of nitrogens with one attached hydrogen (secondary N) is 2. The molecule has 170 valence electrons.